The maximum absolute atomic E-state index is 10.1. The zero-order chi connectivity index (χ0) is 13.7. The molecule has 0 saturated heterocycles. The van der Waals surface area contributed by atoms with Crippen LogP contribution < -0.4 is 5.32 Å². The van der Waals surface area contributed by atoms with Crippen molar-refractivity contribution in [3.8, 4) is 0 Å². The van der Waals surface area contributed by atoms with Gasteiger partial charge in [-0.05, 0) is 30.7 Å². The van der Waals surface area contributed by atoms with Gasteiger partial charge in [0.05, 0.1) is 12.6 Å². The third kappa shape index (κ3) is 4.45. The molecule has 2 N–H and O–H groups in total. The largest absolute Gasteiger partial charge is 0.387 e. The van der Waals surface area contributed by atoms with Crippen LogP contribution in [0.25, 0.3) is 0 Å². The van der Waals surface area contributed by atoms with Gasteiger partial charge in [-0.2, -0.15) is 5.10 Å². The summed E-state index contributed by atoms with van der Waals surface area (Å²) in [5.74, 6) is 0. The summed E-state index contributed by atoms with van der Waals surface area (Å²) in [6.07, 6.45) is 3.20. The Balaban J connectivity index is 1.81. The van der Waals surface area contributed by atoms with Gasteiger partial charge >= 0.3 is 0 Å². The molecule has 0 bridgehead atoms. The molecule has 0 spiro atoms. The first kappa shape index (κ1) is 14.2. The fourth-order valence-electron chi connectivity index (χ4n) is 1.90. The fraction of sp³-hybridized carbons (Fsp3) is 0.357. The van der Waals surface area contributed by atoms with Crippen LogP contribution in [0.2, 0.25) is 0 Å². The topological polar surface area (TPSA) is 50.1 Å². The number of aliphatic hydroxyl groups is 1. The Labute approximate surface area is 121 Å². The molecule has 19 heavy (non-hydrogen) atoms. The van der Waals surface area contributed by atoms with Crippen LogP contribution in [0.4, 0.5) is 0 Å². The fourth-order valence-corrected chi connectivity index (χ4v) is 2.32. The maximum atomic E-state index is 10.1. The summed E-state index contributed by atoms with van der Waals surface area (Å²) < 4.78 is 2.86. The highest BCUT2D eigenvalue weighted by Gasteiger charge is 2.10. The molecule has 0 amide bonds. The Kier molecular flexibility index (Phi) is 5.13. The standard InChI is InChI=1S/C14H18BrN3O/c1-11(10-18-7-3-6-17-18)16-9-14(19)12-4-2-5-13(15)8-12/h2-8,11,14,16,19H,9-10H2,1H3/t11-,14+/m1/s1. The molecule has 5 heteroatoms. The zero-order valence-electron chi connectivity index (χ0n) is 10.8. The first-order chi connectivity index (χ1) is 9.15. The van der Waals surface area contributed by atoms with Crippen LogP contribution in [0.15, 0.2) is 47.2 Å². The molecule has 0 unspecified atom stereocenters. The van der Waals surface area contributed by atoms with Gasteiger partial charge in [0.1, 0.15) is 0 Å². The van der Waals surface area contributed by atoms with Crippen molar-refractivity contribution in [1.29, 1.82) is 0 Å². The third-order valence-electron chi connectivity index (χ3n) is 2.91. The number of hydrogen-bond acceptors (Lipinski definition) is 3. The van der Waals surface area contributed by atoms with Crippen molar-refractivity contribution < 1.29 is 5.11 Å². The third-order valence-corrected chi connectivity index (χ3v) is 3.41. The SMILES string of the molecule is C[C@H](Cn1cccn1)NC[C@H](O)c1cccc(Br)c1. The van der Waals surface area contributed by atoms with E-state index in [1.165, 1.54) is 0 Å². The summed E-state index contributed by atoms with van der Waals surface area (Å²) in [5.41, 5.74) is 0.910. The summed E-state index contributed by atoms with van der Waals surface area (Å²) in [5, 5.41) is 17.6. The van der Waals surface area contributed by atoms with E-state index in [4.69, 9.17) is 0 Å². The van der Waals surface area contributed by atoms with Gasteiger partial charge in [-0.3, -0.25) is 4.68 Å². The van der Waals surface area contributed by atoms with E-state index >= 15 is 0 Å². The number of rotatable bonds is 6. The van der Waals surface area contributed by atoms with Gasteiger partial charge in [0.15, 0.2) is 0 Å². The van der Waals surface area contributed by atoms with Crippen molar-refractivity contribution in [2.75, 3.05) is 6.54 Å². The molecular formula is C14H18BrN3O. The number of nitrogens with zero attached hydrogens (tertiary/aromatic N) is 2. The maximum Gasteiger partial charge on any atom is 0.0914 e. The number of nitrogens with one attached hydrogen (secondary N) is 1. The van der Waals surface area contributed by atoms with E-state index < -0.39 is 6.10 Å². The average molecular weight is 324 g/mol. The van der Waals surface area contributed by atoms with Gasteiger partial charge in [0.25, 0.3) is 0 Å². The Hall–Kier alpha value is -1.17. The van der Waals surface area contributed by atoms with Crippen molar-refractivity contribution >= 4 is 15.9 Å². The molecule has 0 aliphatic carbocycles. The summed E-state index contributed by atoms with van der Waals surface area (Å²) in [4.78, 5) is 0. The predicted molar refractivity (Wildman–Crippen MR) is 78.8 cm³/mol. The highest BCUT2D eigenvalue weighted by Crippen LogP contribution is 2.17. The Morgan fingerprint density at radius 1 is 1.42 bits per heavy atom. The monoisotopic (exact) mass is 323 g/mol. The summed E-state index contributed by atoms with van der Waals surface area (Å²) in [6, 6.07) is 9.89. The second-order valence-corrected chi connectivity index (χ2v) is 5.52. The molecule has 4 nitrogen and oxygen atoms in total. The van der Waals surface area contributed by atoms with Crippen molar-refractivity contribution in [3.63, 3.8) is 0 Å². The summed E-state index contributed by atoms with van der Waals surface area (Å²) in [6.45, 7) is 3.40. The van der Waals surface area contributed by atoms with Crippen LogP contribution in [-0.4, -0.2) is 27.5 Å². The van der Waals surface area contributed by atoms with E-state index in [-0.39, 0.29) is 6.04 Å². The first-order valence-electron chi connectivity index (χ1n) is 6.29. The molecule has 2 rings (SSSR count). The highest BCUT2D eigenvalue weighted by molar-refractivity contribution is 9.10. The molecule has 1 aromatic heterocycles. The zero-order valence-corrected chi connectivity index (χ0v) is 12.4. The van der Waals surface area contributed by atoms with Gasteiger partial charge in [-0.1, -0.05) is 28.1 Å². The van der Waals surface area contributed by atoms with E-state index in [9.17, 15) is 5.11 Å². The lowest BCUT2D eigenvalue weighted by Gasteiger charge is -2.17. The van der Waals surface area contributed by atoms with E-state index in [1.54, 1.807) is 6.20 Å². The molecule has 2 atom stereocenters. The number of aromatic nitrogens is 2. The van der Waals surface area contributed by atoms with Crippen LogP contribution in [0.5, 0.6) is 0 Å². The predicted octanol–water partition coefficient (Wildman–Crippen LogP) is 2.36. The van der Waals surface area contributed by atoms with Gasteiger partial charge in [0, 0.05) is 29.5 Å². The lowest BCUT2D eigenvalue weighted by molar-refractivity contribution is 0.169. The smallest absolute Gasteiger partial charge is 0.0914 e. The molecule has 0 fully saturated rings. The Bertz CT molecular complexity index is 501. The lowest BCUT2D eigenvalue weighted by Crippen LogP contribution is -2.33. The summed E-state index contributed by atoms with van der Waals surface area (Å²) in [7, 11) is 0. The molecule has 0 radical (unpaired) electrons. The number of aliphatic hydroxyl groups excluding tert-OH is 1. The quantitative estimate of drug-likeness (QED) is 0.858. The van der Waals surface area contributed by atoms with E-state index in [2.05, 4.69) is 33.3 Å². The van der Waals surface area contributed by atoms with Gasteiger partial charge in [-0.25, -0.2) is 0 Å². The first-order valence-corrected chi connectivity index (χ1v) is 7.09. The minimum atomic E-state index is -0.502. The normalized spacial score (nSPS) is 14.3. The van der Waals surface area contributed by atoms with Gasteiger partial charge in [0.2, 0.25) is 0 Å². The number of halogens is 1. The lowest BCUT2D eigenvalue weighted by atomic mass is 10.1. The average Bonchev–Trinajstić information content (AvgIpc) is 2.88. The van der Waals surface area contributed by atoms with Crippen molar-refractivity contribution in [2.45, 2.75) is 25.6 Å². The second kappa shape index (κ2) is 6.84. The molecule has 1 heterocycles. The number of benzene rings is 1. The molecule has 0 aliphatic rings. The van der Waals surface area contributed by atoms with Crippen molar-refractivity contribution in [1.82, 2.24) is 15.1 Å². The molecule has 1 aromatic carbocycles. The van der Waals surface area contributed by atoms with Crippen molar-refractivity contribution in [3.05, 3.63) is 52.8 Å². The second-order valence-electron chi connectivity index (χ2n) is 4.61. The van der Waals surface area contributed by atoms with Crippen molar-refractivity contribution in [2.24, 2.45) is 0 Å². The van der Waals surface area contributed by atoms with Crippen LogP contribution in [0, 0.1) is 0 Å². The van der Waals surface area contributed by atoms with E-state index in [0.29, 0.717) is 6.54 Å². The molecular weight excluding hydrogens is 306 g/mol. The van der Waals surface area contributed by atoms with Crippen LogP contribution in [0.1, 0.15) is 18.6 Å². The van der Waals surface area contributed by atoms with E-state index in [0.717, 1.165) is 16.6 Å². The minimum absolute atomic E-state index is 0.252. The van der Waals surface area contributed by atoms with E-state index in [1.807, 2.05) is 41.2 Å². The van der Waals surface area contributed by atoms with Crippen LogP contribution in [-0.2, 0) is 6.54 Å². The summed E-state index contributed by atoms with van der Waals surface area (Å²) >= 11 is 3.41. The number of hydrogen-bond donors (Lipinski definition) is 2. The molecule has 102 valence electrons. The Morgan fingerprint density at radius 3 is 2.95 bits per heavy atom. The van der Waals surface area contributed by atoms with Crippen LogP contribution in [0.3, 0.4) is 0 Å². The van der Waals surface area contributed by atoms with Gasteiger partial charge in [-0.15, -0.1) is 0 Å². The van der Waals surface area contributed by atoms with Crippen LogP contribution >= 0.6 is 15.9 Å². The molecule has 0 aliphatic heterocycles. The highest BCUT2D eigenvalue weighted by atomic mass is 79.9. The Morgan fingerprint density at radius 2 is 2.26 bits per heavy atom. The molecule has 0 saturated carbocycles. The van der Waals surface area contributed by atoms with Gasteiger partial charge < -0.3 is 10.4 Å². The molecule has 2 aromatic rings. The minimum Gasteiger partial charge on any atom is -0.387 e.